The quantitative estimate of drug-likeness (QED) is 0.596. The average molecular weight is 374 g/mol. The number of carbonyl (C=O) groups is 1. The minimum Gasteiger partial charge on any atom is -0.307 e. The number of carbonyl (C=O) groups excluding carboxylic acids is 1. The summed E-state index contributed by atoms with van der Waals surface area (Å²) in [5.74, 6) is 0.0989. The van der Waals surface area contributed by atoms with Crippen LogP contribution in [-0.4, -0.2) is 20.9 Å². The van der Waals surface area contributed by atoms with E-state index in [1.165, 1.54) is 0 Å². The van der Waals surface area contributed by atoms with Gasteiger partial charge in [-0.1, -0.05) is 68.4 Å². The number of hydrogen-bond acceptors (Lipinski definition) is 3. The van der Waals surface area contributed by atoms with Gasteiger partial charge >= 0.3 is 0 Å². The highest BCUT2D eigenvalue weighted by Crippen LogP contribution is 2.42. The molecule has 2 aromatic carbocycles. The van der Waals surface area contributed by atoms with Crippen molar-refractivity contribution in [1.29, 1.82) is 0 Å². The van der Waals surface area contributed by atoms with E-state index >= 15 is 0 Å². The topological polar surface area (TPSA) is 51.0 Å². The van der Waals surface area contributed by atoms with Crippen LogP contribution in [0, 0.1) is 5.41 Å². The molecule has 0 spiro atoms. The second-order valence-corrected chi connectivity index (χ2v) is 8.64. The summed E-state index contributed by atoms with van der Waals surface area (Å²) in [5.41, 5.74) is 5.35. The van der Waals surface area contributed by atoms with Crippen LogP contribution in [0.25, 0.3) is 22.5 Å². The molecule has 1 aliphatic heterocycles. The first kappa shape index (κ1) is 18.4. The zero-order valence-corrected chi connectivity index (χ0v) is 17.1. The molecule has 0 atom stereocenters. The van der Waals surface area contributed by atoms with Crippen LogP contribution in [-0.2, 0) is 11.3 Å². The lowest BCUT2D eigenvalue weighted by molar-refractivity contribution is -0.125. The number of nitrogens with zero attached hydrogens (tertiary/aromatic N) is 4. The average Bonchev–Trinajstić information content (AvgIpc) is 3.08. The summed E-state index contributed by atoms with van der Waals surface area (Å²) >= 11 is 0. The first-order valence-electron chi connectivity index (χ1n) is 9.74. The maximum atomic E-state index is 13.4. The predicted octanol–water partition coefficient (Wildman–Crippen LogP) is 5.09. The lowest BCUT2D eigenvalue weighted by Gasteiger charge is -2.33. The van der Waals surface area contributed by atoms with Crippen molar-refractivity contribution >= 4 is 11.6 Å². The molecule has 0 saturated carbocycles. The number of fused-ring (bicyclic) bond motifs is 5. The van der Waals surface area contributed by atoms with E-state index in [1.54, 1.807) is 0 Å². The van der Waals surface area contributed by atoms with Crippen molar-refractivity contribution in [1.82, 2.24) is 15.0 Å². The predicted molar refractivity (Wildman–Crippen MR) is 112 cm³/mol. The van der Waals surface area contributed by atoms with Crippen molar-refractivity contribution in [3.8, 4) is 22.5 Å². The van der Waals surface area contributed by atoms with Gasteiger partial charge < -0.3 is 4.90 Å². The van der Waals surface area contributed by atoms with Gasteiger partial charge in [0.15, 0.2) is 0 Å². The van der Waals surface area contributed by atoms with E-state index in [2.05, 4.69) is 42.4 Å². The van der Waals surface area contributed by atoms with Crippen LogP contribution in [0.5, 0.6) is 0 Å². The summed E-state index contributed by atoms with van der Waals surface area (Å²) in [6.45, 7) is 10.6. The smallest absolute Gasteiger partial charge is 0.232 e. The molecule has 28 heavy (non-hydrogen) atoms. The third-order valence-electron chi connectivity index (χ3n) is 5.12. The molecule has 2 heterocycles. The van der Waals surface area contributed by atoms with Crippen molar-refractivity contribution in [2.75, 3.05) is 4.90 Å². The SMILES string of the molecule is CC(C)n1nnc2c1-c1ccccc1N(C(=O)C(C)(C)C)Cc1ccccc1-2. The lowest BCUT2D eigenvalue weighted by Crippen LogP contribution is -2.40. The Balaban J connectivity index is 2.07. The highest BCUT2D eigenvalue weighted by molar-refractivity contribution is 6.02. The molecule has 0 bridgehead atoms. The number of para-hydroxylation sites is 1. The van der Waals surface area contributed by atoms with Gasteiger partial charge in [0.25, 0.3) is 0 Å². The van der Waals surface area contributed by atoms with E-state index < -0.39 is 5.41 Å². The lowest BCUT2D eigenvalue weighted by atomic mass is 9.91. The van der Waals surface area contributed by atoms with Crippen molar-refractivity contribution in [3.05, 3.63) is 54.1 Å². The standard InChI is InChI=1S/C23H26N4O/c1-15(2)27-21-18-12-8-9-13-19(18)26(22(28)23(3,4)5)14-16-10-6-7-11-17(16)20(21)24-25-27/h6-13,15H,14H2,1-5H3. The number of aromatic nitrogens is 3. The summed E-state index contributed by atoms with van der Waals surface area (Å²) in [6.07, 6.45) is 0. The minimum atomic E-state index is -0.485. The number of amides is 1. The molecule has 4 rings (SSSR count). The highest BCUT2D eigenvalue weighted by Gasteiger charge is 2.33. The summed E-state index contributed by atoms with van der Waals surface area (Å²) in [5, 5.41) is 9.01. The van der Waals surface area contributed by atoms with Crippen molar-refractivity contribution in [2.45, 2.75) is 47.2 Å². The van der Waals surface area contributed by atoms with Gasteiger partial charge in [-0.15, -0.1) is 5.10 Å². The molecule has 0 N–H and O–H groups in total. The first-order chi connectivity index (χ1) is 13.3. The second-order valence-electron chi connectivity index (χ2n) is 8.64. The fourth-order valence-electron chi connectivity index (χ4n) is 3.73. The van der Waals surface area contributed by atoms with E-state index in [0.717, 1.165) is 33.8 Å². The molecule has 5 nitrogen and oxygen atoms in total. The fraction of sp³-hybridized carbons (Fsp3) is 0.348. The number of rotatable bonds is 1. The van der Waals surface area contributed by atoms with Gasteiger partial charge in [-0.2, -0.15) is 0 Å². The maximum Gasteiger partial charge on any atom is 0.232 e. The van der Waals surface area contributed by atoms with Crippen molar-refractivity contribution < 1.29 is 4.79 Å². The van der Waals surface area contributed by atoms with E-state index in [4.69, 9.17) is 0 Å². The maximum absolute atomic E-state index is 13.4. The highest BCUT2D eigenvalue weighted by atomic mass is 16.2. The minimum absolute atomic E-state index is 0.0989. The number of hydrogen-bond donors (Lipinski definition) is 0. The molecule has 1 amide bonds. The zero-order valence-electron chi connectivity index (χ0n) is 17.1. The van der Waals surface area contributed by atoms with Crippen LogP contribution in [0.2, 0.25) is 0 Å². The Morgan fingerprint density at radius 2 is 1.64 bits per heavy atom. The van der Waals surface area contributed by atoms with Crippen molar-refractivity contribution in [3.63, 3.8) is 0 Å². The van der Waals surface area contributed by atoms with Gasteiger partial charge in [-0.05, 0) is 25.5 Å². The molecule has 5 heteroatoms. The Hall–Kier alpha value is -2.95. The monoisotopic (exact) mass is 374 g/mol. The van der Waals surface area contributed by atoms with Crippen LogP contribution < -0.4 is 4.90 Å². The molecule has 1 aliphatic rings. The number of anilines is 1. The Morgan fingerprint density at radius 1 is 1.00 bits per heavy atom. The van der Waals surface area contributed by atoms with E-state index in [9.17, 15) is 4.79 Å². The van der Waals surface area contributed by atoms with Crippen LogP contribution in [0.15, 0.2) is 48.5 Å². The van der Waals surface area contributed by atoms with Gasteiger partial charge in [-0.3, -0.25) is 4.79 Å². The normalized spacial score (nSPS) is 13.4. The van der Waals surface area contributed by atoms with E-state index in [1.807, 2.05) is 60.7 Å². The van der Waals surface area contributed by atoms with Gasteiger partial charge in [0.05, 0.1) is 17.9 Å². The third kappa shape index (κ3) is 2.91. The van der Waals surface area contributed by atoms with Crippen LogP contribution in [0.1, 0.15) is 46.2 Å². The molecule has 1 aromatic heterocycles. The summed E-state index contributed by atoms with van der Waals surface area (Å²) < 4.78 is 1.95. The van der Waals surface area contributed by atoms with Gasteiger partial charge in [-0.25, -0.2) is 4.68 Å². The van der Waals surface area contributed by atoms with Gasteiger partial charge in [0.2, 0.25) is 5.91 Å². The summed E-state index contributed by atoms with van der Waals surface area (Å²) in [4.78, 5) is 15.3. The van der Waals surface area contributed by atoms with Gasteiger partial charge in [0.1, 0.15) is 5.69 Å². The summed E-state index contributed by atoms with van der Waals surface area (Å²) in [6, 6.07) is 16.4. The Bertz CT molecular complexity index is 1040. The molecule has 144 valence electrons. The number of benzene rings is 2. The van der Waals surface area contributed by atoms with Crippen LogP contribution >= 0.6 is 0 Å². The van der Waals surface area contributed by atoms with Crippen molar-refractivity contribution in [2.24, 2.45) is 5.41 Å². The largest absolute Gasteiger partial charge is 0.307 e. The van der Waals surface area contributed by atoms with E-state index in [0.29, 0.717) is 6.54 Å². The van der Waals surface area contributed by atoms with Crippen LogP contribution in [0.4, 0.5) is 5.69 Å². The molecule has 0 aliphatic carbocycles. The molecule has 0 radical (unpaired) electrons. The molecular weight excluding hydrogens is 348 g/mol. The Morgan fingerprint density at radius 3 is 2.32 bits per heavy atom. The third-order valence-corrected chi connectivity index (χ3v) is 5.12. The zero-order chi connectivity index (χ0) is 20.1. The Labute approximate surface area is 166 Å². The second kappa shape index (κ2) is 6.59. The molecular formula is C23H26N4O. The molecule has 0 unspecified atom stereocenters. The van der Waals surface area contributed by atoms with E-state index in [-0.39, 0.29) is 11.9 Å². The molecule has 3 aromatic rings. The molecule has 0 fully saturated rings. The van der Waals surface area contributed by atoms with Gasteiger partial charge in [0, 0.05) is 22.6 Å². The summed E-state index contributed by atoms with van der Waals surface area (Å²) in [7, 11) is 0. The fourth-order valence-corrected chi connectivity index (χ4v) is 3.73. The Kier molecular flexibility index (Phi) is 4.33. The first-order valence-corrected chi connectivity index (χ1v) is 9.74. The molecule has 0 saturated heterocycles. The van der Waals surface area contributed by atoms with Crippen LogP contribution in [0.3, 0.4) is 0 Å².